The van der Waals surface area contributed by atoms with E-state index in [9.17, 15) is 9.90 Å². The van der Waals surface area contributed by atoms with Crippen molar-refractivity contribution < 1.29 is 14.3 Å². The quantitative estimate of drug-likeness (QED) is 0.893. The van der Waals surface area contributed by atoms with E-state index in [0.29, 0.717) is 30.8 Å². The Hall–Kier alpha value is -2.15. The van der Waals surface area contributed by atoms with Gasteiger partial charge in [0.05, 0.1) is 12.7 Å². The third-order valence-electron chi connectivity index (χ3n) is 4.20. The Bertz CT molecular complexity index is 664. The van der Waals surface area contributed by atoms with Gasteiger partial charge in [-0.25, -0.2) is 0 Å². The minimum atomic E-state index is -1.16. The average molecular weight is 304 g/mol. The van der Waals surface area contributed by atoms with Crippen LogP contribution in [0.15, 0.2) is 16.7 Å². The zero-order chi connectivity index (χ0) is 15.7. The summed E-state index contributed by atoms with van der Waals surface area (Å²) in [4.78, 5) is 14.2. The predicted octanol–water partition coefficient (Wildman–Crippen LogP) is 1.39. The first-order chi connectivity index (χ1) is 10.5. The molecule has 22 heavy (non-hydrogen) atoms. The number of aromatic amines is 1. The molecule has 0 spiro atoms. The number of nitrogens with zero attached hydrogens (tertiary/aromatic N) is 3. The van der Waals surface area contributed by atoms with E-state index in [-0.39, 0.29) is 12.5 Å². The number of rotatable bonds is 3. The summed E-state index contributed by atoms with van der Waals surface area (Å²) >= 11 is 0. The number of nitrogens with one attached hydrogen (secondary N) is 1. The number of hydrogen-bond acceptors (Lipinski definition) is 5. The molecule has 0 aromatic carbocycles. The second-order valence-electron chi connectivity index (χ2n) is 5.79. The average Bonchev–Trinajstić information content (AvgIpc) is 3.16. The Kier molecular flexibility index (Phi) is 3.74. The van der Waals surface area contributed by atoms with Gasteiger partial charge in [0.2, 0.25) is 0 Å². The van der Waals surface area contributed by atoms with Crippen LogP contribution in [0.2, 0.25) is 0 Å². The van der Waals surface area contributed by atoms with Crippen LogP contribution in [0, 0.1) is 6.92 Å². The van der Waals surface area contributed by atoms with Gasteiger partial charge in [0.1, 0.15) is 17.1 Å². The summed E-state index contributed by atoms with van der Waals surface area (Å²) in [5, 5.41) is 21.0. The highest BCUT2D eigenvalue weighted by molar-refractivity contribution is 5.92. The summed E-state index contributed by atoms with van der Waals surface area (Å²) < 4.78 is 5.63. The molecule has 2 aromatic heterocycles. The van der Waals surface area contributed by atoms with Crippen LogP contribution in [0.3, 0.4) is 0 Å². The molecule has 3 rings (SSSR count). The van der Waals surface area contributed by atoms with Crippen LogP contribution in [0.1, 0.15) is 47.3 Å². The van der Waals surface area contributed by atoms with Crippen LogP contribution in [-0.2, 0) is 12.0 Å². The monoisotopic (exact) mass is 304 g/mol. The number of aryl methyl sites for hydroxylation is 2. The van der Waals surface area contributed by atoms with Crippen molar-refractivity contribution in [3.8, 4) is 0 Å². The van der Waals surface area contributed by atoms with Crippen molar-refractivity contribution in [3.63, 3.8) is 0 Å². The van der Waals surface area contributed by atoms with Gasteiger partial charge >= 0.3 is 0 Å². The molecule has 2 N–H and O–H groups in total. The summed E-state index contributed by atoms with van der Waals surface area (Å²) in [7, 11) is 0. The smallest absolute Gasteiger partial charge is 0.289 e. The predicted molar refractivity (Wildman–Crippen MR) is 78.2 cm³/mol. The second-order valence-corrected chi connectivity index (χ2v) is 5.79. The molecule has 2 aromatic rings. The fourth-order valence-electron chi connectivity index (χ4n) is 2.98. The first kappa shape index (κ1) is 14.8. The highest BCUT2D eigenvalue weighted by Crippen LogP contribution is 2.30. The topological polar surface area (TPSA) is 95.3 Å². The van der Waals surface area contributed by atoms with Crippen LogP contribution >= 0.6 is 0 Å². The van der Waals surface area contributed by atoms with E-state index in [1.807, 2.05) is 13.8 Å². The molecule has 0 unspecified atom stereocenters. The van der Waals surface area contributed by atoms with Crippen molar-refractivity contribution >= 4 is 5.91 Å². The van der Waals surface area contributed by atoms with Gasteiger partial charge in [-0.3, -0.25) is 4.79 Å². The highest BCUT2D eigenvalue weighted by atomic mass is 16.4. The Morgan fingerprint density at radius 1 is 1.59 bits per heavy atom. The molecule has 1 fully saturated rings. The number of amides is 1. The highest BCUT2D eigenvalue weighted by Gasteiger charge is 2.39. The van der Waals surface area contributed by atoms with Crippen LogP contribution in [-0.4, -0.2) is 44.4 Å². The van der Waals surface area contributed by atoms with Gasteiger partial charge in [0, 0.05) is 13.0 Å². The van der Waals surface area contributed by atoms with E-state index in [1.54, 1.807) is 11.0 Å². The molecule has 1 aliphatic rings. The minimum absolute atomic E-state index is 0.190. The van der Waals surface area contributed by atoms with Crippen molar-refractivity contribution in [1.29, 1.82) is 0 Å². The maximum Gasteiger partial charge on any atom is 0.289 e. The number of aromatic nitrogens is 3. The first-order valence-electron chi connectivity index (χ1n) is 7.50. The maximum atomic E-state index is 12.6. The molecule has 0 saturated carbocycles. The SMILES string of the molecule is CCc1oc(C(=O)N2CCC[C@](O)(c3cn[nH]n3)C2)cc1C. The molecular formula is C15H20N4O3. The number of hydrogen-bond donors (Lipinski definition) is 2. The molecule has 1 saturated heterocycles. The maximum absolute atomic E-state index is 12.6. The first-order valence-corrected chi connectivity index (χ1v) is 7.50. The summed E-state index contributed by atoms with van der Waals surface area (Å²) in [5.74, 6) is 0.968. The molecule has 1 atom stereocenters. The lowest BCUT2D eigenvalue weighted by Crippen LogP contribution is -2.48. The van der Waals surface area contributed by atoms with E-state index >= 15 is 0 Å². The molecule has 0 bridgehead atoms. The van der Waals surface area contributed by atoms with E-state index in [1.165, 1.54) is 6.20 Å². The van der Waals surface area contributed by atoms with Crippen molar-refractivity contribution in [2.45, 2.75) is 38.7 Å². The van der Waals surface area contributed by atoms with Crippen LogP contribution in [0.25, 0.3) is 0 Å². The molecule has 1 amide bonds. The van der Waals surface area contributed by atoms with E-state index < -0.39 is 5.60 Å². The van der Waals surface area contributed by atoms with Crippen molar-refractivity contribution in [1.82, 2.24) is 20.3 Å². The number of β-amino-alcohol motifs (C(OH)–C–C–N with tert-alkyl or cyclic N) is 1. The Labute approximate surface area is 128 Å². The van der Waals surface area contributed by atoms with Gasteiger partial charge < -0.3 is 14.4 Å². The van der Waals surface area contributed by atoms with Crippen molar-refractivity contribution in [2.75, 3.05) is 13.1 Å². The summed E-state index contributed by atoms with van der Waals surface area (Å²) in [6.07, 6.45) is 3.51. The molecule has 7 nitrogen and oxygen atoms in total. The number of carbonyl (C=O) groups is 1. The molecule has 0 radical (unpaired) electrons. The summed E-state index contributed by atoms with van der Waals surface area (Å²) in [6, 6.07) is 1.77. The molecule has 7 heteroatoms. The lowest BCUT2D eigenvalue weighted by molar-refractivity contribution is -0.0328. The van der Waals surface area contributed by atoms with Gasteiger partial charge in [-0.1, -0.05) is 6.92 Å². The van der Waals surface area contributed by atoms with E-state index in [4.69, 9.17) is 4.42 Å². The number of likely N-dealkylation sites (tertiary alicyclic amines) is 1. The van der Waals surface area contributed by atoms with Gasteiger partial charge in [-0.2, -0.15) is 15.4 Å². The Morgan fingerprint density at radius 2 is 2.41 bits per heavy atom. The van der Waals surface area contributed by atoms with Crippen LogP contribution in [0.4, 0.5) is 0 Å². The molecule has 1 aliphatic heterocycles. The fraction of sp³-hybridized carbons (Fsp3) is 0.533. The van der Waals surface area contributed by atoms with Crippen LogP contribution in [0.5, 0.6) is 0 Å². The van der Waals surface area contributed by atoms with Crippen molar-refractivity contribution in [3.05, 3.63) is 35.0 Å². The minimum Gasteiger partial charge on any atom is -0.456 e. The van der Waals surface area contributed by atoms with Gasteiger partial charge in [-0.05, 0) is 31.4 Å². The summed E-state index contributed by atoms with van der Waals surface area (Å²) in [5.41, 5.74) is 0.292. The number of aliphatic hydroxyl groups is 1. The Balaban J connectivity index is 1.80. The molecule has 118 valence electrons. The zero-order valence-corrected chi connectivity index (χ0v) is 12.8. The number of piperidine rings is 1. The van der Waals surface area contributed by atoms with E-state index in [0.717, 1.165) is 17.7 Å². The third-order valence-corrected chi connectivity index (χ3v) is 4.20. The van der Waals surface area contributed by atoms with Gasteiger partial charge in [0.15, 0.2) is 5.76 Å². The standard InChI is InChI=1S/C15H20N4O3/c1-3-11-10(2)7-12(22-11)14(20)19-6-4-5-15(21,9-19)13-8-16-18-17-13/h7-8,21H,3-6,9H2,1-2H3,(H,16,17,18)/t15-/m1/s1. The lowest BCUT2D eigenvalue weighted by atomic mass is 9.90. The van der Waals surface area contributed by atoms with Gasteiger partial charge in [-0.15, -0.1) is 0 Å². The summed E-state index contributed by atoms with van der Waals surface area (Å²) in [6.45, 7) is 4.71. The van der Waals surface area contributed by atoms with Crippen LogP contribution < -0.4 is 0 Å². The molecule has 0 aliphatic carbocycles. The third kappa shape index (κ3) is 2.52. The van der Waals surface area contributed by atoms with E-state index in [2.05, 4.69) is 15.4 Å². The lowest BCUT2D eigenvalue weighted by Gasteiger charge is -2.37. The normalized spacial score (nSPS) is 22.0. The number of carbonyl (C=O) groups excluding carboxylic acids is 1. The molecular weight excluding hydrogens is 284 g/mol. The molecule has 3 heterocycles. The largest absolute Gasteiger partial charge is 0.456 e. The Morgan fingerprint density at radius 3 is 3.05 bits per heavy atom. The number of furan rings is 1. The number of H-pyrrole nitrogens is 1. The fourth-order valence-corrected chi connectivity index (χ4v) is 2.98. The second kappa shape index (κ2) is 5.57. The van der Waals surface area contributed by atoms with Crippen molar-refractivity contribution in [2.24, 2.45) is 0 Å². The van der Waals surface area contributed by atoms with Gasteiger partial charge in [0.25, 0.3) is 5.91 Å². The zero-order valence-electron chi connectivity index (χ0n) is 12.8.